The van der Waals surface area contributed by atoms with Crippen LogP contribution >= 0.6 is 0 Å². The monoisotopic (exact) mass is 300 g/mol. The van der Waals surface area contributed by atoms with Crippen LogP contribution in [0.5, 0.6) is 5.75 Å². The van der Waals surface area contributed by atoms with E-state index in [1.165, 1.54) is 12.8 Å². The Hall–Kier alpha value is -1.71. The van der Waals surface area contributed by atoms with E-state index in [0.29, 0.717) is 0 Å². The summed E-state index contributed by atoms with van der Waals surface area (Å²) in [6.07, 6.45) is 7.85. The van der Waals surface area contributed by atoms with Gasteiger partial charge in [-0.3, -0.25) is 0 Å². The van der Waals surface area contributed by atoms with E-state index < -0.39 is 0 Å². The molecule has 1 N–H and O–H groups in total. The lowest BCUT2D eigenvalue weighted by Gasteiger charge is -2.48. The van der Waals surface area contributed by atoms with Crippen molar-refractivity contribution in [3.8, 4) is 5.75 Å². The van der Waals surface area contributed by atoms with Crippen LogP contribution in [0.3, 0.4) is 0 Å². The average Bonchev–Trinajstić information content (AvgIpc) is 2.54. The van der Waals surface area contributed by atoms with Crippen molar-refractivity contribution in [2.75, 3.05) is 13.1 Å². The van der Waals surface area contributed by atoms with Crippen LogP contribution in [-0.2, 0) is 0 Å². The van der Waals surface area contributed by atoms with Gasteiger partial charge in [0, 0.05) is 25.1 Å². The third kappa shape index (κ3) is 2.44. The number of amides is 2. The zero-order valence-electron chi connectivity index (χ0n) is 13.0. The Morgan fingerprint density at radius 1 is 1.14 bits per heavy atom. The van der Waals surface area contributed by atoms with Gasteiger partial charge in [-0.15, -0.1) is 0 Å². The maximum Gasteiger partial charge on any atom is 0.317 e. The van der Waals surface area contributed by atoms with Crippen molar-refractivity contribution in [3.05, 3.63) is 29.8 Å². The van der Waals surface area contributed by atoms with Crippen LogP contribution < -0.4 is 10.1 Å². The van der Waals surface area contributed by atoms with Gasteiger partial charge in [0.2, 0.25) is 0 Å². The van der Waals surface area contributed by atoms with Crippen molar-refractivity contribution in [2.45, 2.75) is 56.6 Å². The minimum atomic E-state index is -0.0335. The highest BCUT2D eigenvalue weighted by molar-refractivity contribution is 5.75. The molecule has 0 radical (unpaired) electrons. The molecule has 4 heteroatoms. The highest BCUT2D eigenvalue weighted by Crippen LogP contribution is 2.48. The average molecular weight is 300 g/mol. The van der Waals surface area contributed by atoms with Crippen molar-refractivity contribution in [3.63, 3.8) is 0 Å². The highest BCUT2D eigenvalue weighted by atomic mass is 16.5. The van der Waals surface area contributed by atoms with Gasteiger partial charge < -0.3 is 15.0 Å². The first-order valence-electron chi connectivity index (χ1n) is 8.59. The van der Waals surface area contributed by atoms with Crippen molar-refractivity contribution in [1.82, 2.24) is 10.2 Å². The van der Waals surface area contributed by atoms with Crippen molar-refractivity contribution >= 4 is 6.03 Å². The molecule has 4 rings (SSSR count). The predicted molar refractivity (Wildman–Crippen MR) is 85.0 cm³/mol. The van der Waals surface area contributed by atoms with Crippen molar-refractivity contribution < 1.29 is 9.53 Å². The van der Waals surface area contributed by atoms with Gasteiger partial charge in [0.25, 0.3) is 0 Å². The Morgan fingerprint density at radius 3 is 2.64 bits per heavy atom. The lowest BCUT2D eigenvalue weighted by atomic mass is 9.73. The normalized spacial score (nSPS) is 25.8. The number of hydrogen-bond donors (Lipinski definition) is 1. The molecule has 2 amide bonds. The van der Waals surface area contributed by atoms with Crippen LogP contribution in [0.25, 0.3) is 0 Å². The van der Waals surface area contributed by atoms with Crippen LogP contribution in [0.1, 0.15) is 56.6 Å². The molecule has 1 saturated heterocycles. The minimum absolute atomic E-state index is 0.0335. The standard InChI is InChI=1S/C18H24N2O2/c21-17(20-11-4-1-5-12-20)19-15-13-18(9-6-10-18)22-16-8-3-2-7-14(15)16/h2-3,7-8,15H,1,4-6,9-13H2,(H,19,21). The first-order chi connectivity index (χ1) is 10.8. The summed E-state index contributed by atoms with van der Waals surface area (Å²) in [5, 5.41) is 3.28. The fraction of sp³-hybridized carbons (Fsp3) is 0.611. The first-order valence-corrected chi connectivity index (χ1v) is 8.59. The molecule has 2 aliphatic heterocycles. The predicted octanol–water partition coefficient (Wildman–Crippen LogP) is 3.63. The van der Waals surface area contributed by atoms with Crippen molar-refractivity contribution in [1.29, 1.82) is 0 Å². The molecule has 1 unspecified atom stereocenters. The molecule has 22 heavy (non-hydrogen) atoms. The van der Waals surface area contributed by atoms with Gasteiger partial charge in [0.1, 0.15) is 11.4 Å². The summed E-state index contributed by atoms with van der Waals surface area (Å²) in [4.78, 5) is 14.5. The quantitative estimate of drug-likeness (QED) is 0.860. The summed E-state index contributed by atoms with van der Waals surface area (Å²) in [5.41, 5.74) is 1.10. The highest BCUT2D eigenvalue weighted by Gasteiger charge is 2.46. The third-order valence-electron chi connectivity index (χ3n) is 5.40. The van der Waals surface area contributed by atoms with E-state index in [2.05, 4.69) is 11.4 Å². The van der Waals surface area contributed by atoms with Gasteiger partial charge in [-0.1, -0.05) is 18.2 Å². The lowest BCUT2D eigenvalue weighted by molar-refractivity contribution is -0.0360. The number of likely N-dealkylation sites (tertiary alicyclic amines) is 1. The summed E-state index contributed by atoms with van der Waals surface area (Å²) >= 11 is 0. The number of fused-ring (bicyclic) bond motifs is 1. The maximum atomic E-state index is 12.6. The third-order valence-corrected chi connectivity index (χ3v) is 5.40. The molecular formula is C18H24N2O2. The van der Waals surface area contributed by atoms with E-state index in [1.807, 2.05) is 23.1 Å². The number of nitrogens with zero attached hydrogens (tertiary/aromatic N) is 1. The molecule has 1 aromatic carbocycles. The molecule has 0 aromatic heterocycles. The van der Waals surface area contributed by atoms with E-state index in [-0.39, 0.29) is 17.7 Å². The molecular weight excluding hydrogens is 276 g/mol. The van der Waals surface area contributed by atoms with E-state index in [9.17, 15) is 4.79 Å². The SMILES string of the molecule is O=C(NC1CC2(CCC2)Oc2ccccc21)N1CCCCC1. The summed E-state index contributed by atoms with van der Waals surface area (Å²) < 4.78 is 6.25. The van der Waals surface area contributed by atoms with Gasteiger partial charge >= 0.3 is 6.03 Å². The van der Waals surface area contributed by atoms with Crippen molar-refractivity contribution in [2.24, 2.45) is 0 Å². The molecule has 4 nitrogen and oxygen atoms in total. The Kier molecular flexibility index (Phi) is 3.47. The summed E-state index contributed by atoms with van der Waals surface area (Å²) in [5.74, 6) is 0.956. The summed E-state index contributed by atoms with van der Waals surface area (Å²) in [7, 11) is 0. The van der Waals surface area contributed by atoms with Gasteiger partial charge in [0.15, 0.2) is 0 Å². The molecule has 1 spiro atoms. The Labute approximate surface area is 131 Å². The summed E-state index contributed by atoms with van der Waals surface area (Å²) in [6.45, 7) is 1.78. The summed E-state index contributed by atoms with van der Waals surface area (Å²) in [6, 6.07) is 8.34. The maximum absolute atomic E-state index is 12.6. The van der Waals surface area contributed by atoms with Crippen LogP contribution in [0.4, 0.5) is 4.79 Å². The van der Waals surface area contributed by atoms with Gasteiger partial charge in [-0.05, 0) is 44.6 Å². The minimum Gasteiger partial charge on any atom is -0.487 e. The molecule has 2 fully saturated rings. The fourth-order valence-corrected chi connectivity index (χ4v) is 3.96. The number of carbonyl (C=O) groups is 1. The molecule has 118 valence electrons. The second kappa shape index (κ2) is 5.49. The zero-order valence-corrected chi connectivity index (χ0v) is 13.0. The second-order valence-corrected chi connectivity index (χ2v) is 6.93. The first kappa shape index (κ1) is 13.9. The van der Waals surface area contributed by atoms with Gasteiger partial charge in [-0.25, -0.2) is 4.79 Å². The second-order valence-electron chi connectivity index (χ2n) is 6.93. The van der Waals surface area contributed by atoms with E-state index in [0.717, 1.165) is 56.5 Å². The van der Waals surface area contributed by atoms with Crippen LogP contribution in [0.2, 0.25) is 0 Å². The van der Waals surface area contributed by atoms with Gasteiger partial charge in [-0.2, -0.15) is 0 Å². The van der Waals surface area contributed by atoms with E-state index in [4.69, 9.17) is 4.74 Å². The number of rotatable bonds is 1. The van der Waals surface area contributed by atoms with Crippen LogP contribution in [0, 0.1) is 0 Å². The topological polar surface area (TPSA) is 41.6 Å². The Morgan fingerprint density at radius 2 is 1.91 bits per heavy atom. The number of hydrogen-bond acceptors (Lipinski definition) is 2. The number of carbonyl (C=O) groups excluding carboxylic acids is 1. The number of ether oxygens (including phenoxy) is 1. The number of piperidine rings is 1. The number of benzene rings is 1. The zero-order chi connectivity index (χ0) is 15.0. The Bertz CT molecular complexity index is 562. The Balaban J connectivity index is 1.53. The van der Waals surface area contributed by atoms with E-state index in [1.54, 1.807) is 0 Å². The smallest absolute Gasteiger partial charge is 0.317 e. The number of para-hydroxylation sites is 1. The largest absolute Gasteiger partial charge is 0.487 e. The van der Waals surface area contributed by atoms with Gasteiger partial charge in [0.05, 0.1) is 6.04 Å². The van der Waals surface area contributed by atoms with Crippen LogP contribution in [-0.4, -0.2) is 29.6 Å². The number of nitrogens with one attached hydrogen (secondary N) is 1. The molecule has 0 bridgehead atoms. The van der Waals surface area contributed by atoms with Crippen LogP contribution in [0.15, 0.2) is 24.3 Å². The molecule has 2 heterocycles. The molecule has 1 aromatic rings. The molecule has 3 aliphatic rings. The van der Waals surface area contributed by atoms with E-state index >= 15 is 0 Å². The molecule has 1 atom stereocenters. The molecule has 1 saturated carbocycles. The molecule has 1 aliphatic carbocycles. The fourth-order valence-electron chi connectivity index (χ4n) is 3.96. The number of urea groups is 1. The lowest BCUT2D eigenvalue weighted by Crippen LogP contribution is -2.51.